The van der Waals surface area contributed by atoms with E-state index in [1.165, 1.54) is 6.92 Å². The van der Waals surface area contributed by atoms with Gasteiger partial charge in [-0.3, -0.25) is 9.69 Å². The molecule has 0 aliphatic carbocycles. The zero-order chi connectivity index (χ0) is 13.8. The van der Waals surface area contributed by atoms with Crippen LogP contribution in [-0.2, 0) is 24.0 Å². The second-order valence-electron chi connectivity index (χ2n) is 5.49. The Labute approximate surface area is 112 Å². The number of hydrogen-bond acceptors (Lipinski definition) is 3. The molecule has 4 nitrogen and oxygen atoms in total. The highest BCUT2D eigenvalue weighted by Gasteiger charge is 2.44. The third-order valence-electron chi connectivity index (χ3n) is 4.11. The summed E-state index contributed by atoms with van der Waals surface area (Å²) in [6, 6.07) is 8.04. The molecule has 1 aliphatic heterocycles. The van der Waals surface area contributed by atoms with Gasteiger partial charge in [0.2, 0.25) is 0 Å². The molecular weight excluding hydrogens is 240 g/mol. The number of nitrogens with zero attached hydrogens (tertiary/aromatic N) is 2. The van der Waals surface area contributed by atoms with Gasteiger partial charge in [-0.25, -0.2) is 0 Å². The number of β-amino-alcohol motifs (C(OH)–C–C–N with tert-alkyl or cyclic N) is 1. The standard InChI is InChI=1S/C15H18N2O2/c1-10(18)15(19)9-16(2)8-12-11-6-4-5-7-13(11)17(3)14(12)15/h4-7,19H,8-9H2,1-3H3. The van der Waals surface area contributed by atoms with E-state index in [0.29, 0.717) is 6.54 Å². The molecule has 4 heteroatoms. The molecule has 0 fully saturated rings. The van der Waals surface area contributed by atoms with E-state index in [9.17, 15) is 9.90 Å². The predicted octanol–water partition coefficient (Wildman–Crippen LogP) is 1.40. The number of hydrogen-bond donors (Lipinski definition) is 1. The summed E-state index contributed by atoms with van der Waals surface area (Å²) in [6.45, 7) is 2.56. The van der Waals surface area contributed by atoms with Crippen LogP contribution in [0.4, 0.5) is 0 Å². The van der Waals surface area contributed by atoms with E-state index in [1.54, 1.807) is 0 Å². The fourth-order valence-electron chi connectivity index (χ4n) is 3.23. The maximum atomic E-state index is 12.0. The van der Waals surface area contributed by atoms with E-state index >= 15 is 0 Å². The van der Waals surface area contributed by atoms with Crippen LogP contribution in [0.5, 0.6) is 0 Å². The van der Waals surface area contributed by atoms with Crippen LogP contribution in [0.1, 0.15) is 18.2 Å². The normalized spacial score (nSPS) is 23.6. The first-order valence-corrected chi connectivity index (χ1v) is 6.44. The van der Waals surface area contributed by atoms with Gasteiger partial charge in [0.05, 0.1) is 5.69 Å². The summed E-state index contributed by atoms with van der Waals surface area (Å²) < 4.78 is 1.96. The number of ketones is 1. The summed E-state index contributed by atoms with van der Waals surface area (Å²) in [6.07, 6.45) is 0. The van der Waals surface area contributed by atoms with Crippen molar-refractivity contribution in [3.8, 4) is 0 Å². The number of rotatable bonds is 1. The summed E-state index contributed by atoms with van der Waals surface area (Å²) in [5.74, 6) is -0.203. The minimum Gasteiger partial charge on any atom is -0.375 e. The van der Waals surface area contributed by atoms with Gasteiger partial charge in [-0.1, -0.05) is 18.2 Å². The Morgan fingerprint density at radius 2 is 2.00 bits per heavy atom. The molecule has 0 saturated heterocycles. The number of aromatic nitrogens is 1. The molecule has 0 radical (unpaired) electrons. The Morgan fingerprint density at radius 1 is 1.32 bits per heavy atom. The average Bonchev–Trinajstić information content (AvgIpc) is 2.64. The minimum absolute atomic E-state index is 0.203. The quantitative estimate of drug-likeness (QED) is 0.841. The Kier molecular flexibility index (Phi) is 2.56. The molecule has 1 aliphatic rings. The fourth-order valence-corrected chi connectivity index (χ4v) is 3.23. The van der Waals surface area contributed by atoms with Crippen LogP contribution in [0.2, 0.25) is 0 Å². The lowest BCUT2D eigenvalue weighted by Crippen LogP contribution is -2.49. The number of carbonyl (C=O) groups excluding carboxylic acids is 1. The molecule has 2 heterocycles. The lowest BCUT2D eigenvalue weighted by atomic mass is 9.87. The number of benzene rings is 1. The predicted molar refractivity (Wildman–Crippen MR) is 73.8 cm³/mol. The molecule has 1 atom stereocenters. The highest BCUT2D eigenvalue weighted by atomic mass is 16.3. The second-order valence-corrected chi connectivity index (χ2v) is 5.49. The molecule has 19 heavy (non-hydrogen) atoms. The Morgan fingerprint density at radius 3 is 2.68 bits per heavy atom. The summed E-state index contributed by atoms with van der Waals surface area (Å²) in [4.78, 5) is 14.0. The summed E-state index contributed by atoms with van der Waals surface area (Å²) in [5, 5.41) is 12.0. The molecule has 1 N–H and O–H groups in total. The van der Waals surface area contributed by atoms with Gasteiger partial charge in [-0.2, -0.15) is 0 Å². The van der Waals surface area contributed by atoms with Crippen LogP contribution >= 0.6 is 0 Å². The molecule has 1 aromatic carbocycles. The van der Waals surface area contributed by atoms with Gasteiger partial charge >= 0.3 is 0 Å². The number of carbonyl (C=O) groups is 1. The largest absolute Gasteiger partial charge is 0.375 e. The zero-order valence-electron chi connectivity index (χ0n) is 11.5. The van der Waals surface area contributed by atoms with Gasteiger partial charge in [-0.05, 0) is 25.6 Å². The first kappa shape index (κ1) is 12.4. The monoisotopic (exact) mass is 258 g/mol. The van der Waals surface area contributed by atoms with E-state index in [2.05, 4.69) is 0 Å². The number of likely N-dealkylation sites (N-methyl/N-ethyl adjacent to an activating group) is 1. The first-order valence-electron chi connectivity index (χ1n) is 6.44. The van der Waals surface area contributed by atoms with Crippen LogP contribution in [0, 0.1) is 0 Å². The van der Waals surface area contributed by atoms with Crippen molar-refractivity contribution in [3.63, 3.8) is 0 Å². The Hall–Kier alpha value is -1.65. The van der Waals surface area contributed by atoms with E-state index in [-0.39, 0.29) is 5.78 Å². The lowest BCUT2D eigenvalue weighted by Gasteiger charge is -2.36. The highest BCUT2D eigenvalue weighted by molar-refractivity contribution is 5.92. The maximum absolute atomic E-state index is 12.0. The van der Waals surface area contributed by atoms with E-state index < -0.39 is 5.60 Å². The molecule has 1 aromatic heterocycles. The van der Waals surface area contributed by atoms with Crippen LogP contribution < -0.4 is 0 Å². The number of Topliss-reactive ketones (excluding diaryl/α,β-unsaturated/α-hetero) is 1. The van der Waals surface area contributed by atoms with E-state index in [0.717, 1.165) is 28.7 Å². The van der Waals surface area contributed by atoms with Gasteiger partial charge in [0.25, 0.3) is 0 Å². The average molecular weight is 258 g/mol. The van der Waals surface area contributed by atoms with Crippen molar-refractivity contribution in [2.24, 2.45) is 7.05 Å². The van der Waals surface area contributed by atoms with Gasteiger partial charge in [0.1, 0.15) is 0 Å². The van der Waals surface area contributed by atoms with Gasteiger partial charge in [-0.15, -0.1) is 0 Å². The Balaban J connectivity index is 2.40. The highest BCUT2D eigenvalue weighted by Crippen LogP contribution is 2.38. The van der Waals surface area contributed by atoms with Crippen LogP contribution in [-0.4, -0.2) is 33.9 Å². The van der Waals surface area contributed by atoms with Crippen LogP contribution in [0.3, 0.4) is 0 Å². The lowest BCUT2D eigenvalue weighted by molar-refractivity contribution is -0.140. The topological polar surface area (TPSA) is 45.5 Å². The summed E-state index contributed by atoms with van der Waals surface area (Å²) in [5.41, 5.74) is 1.46. The number of aryl methyl sites for hydroxylation is 1. The third kappa shape index (κ3) is 1.57. The third-order valence-corrected chi connectivity index (χ3v) is 4.11. The number of para-hydroxylation sites is 1. The van der Waals surface area contributed by atoms with Crippen molar-refractivity contribution < 1.29 is 9.90 Å². The van der Waals surface area contributed by atoms with Crippen molar-refractivity contribution in [2.75, 3.05) is 13.6 Å². The smallest absolute Gasteiger partial charge is 0.175 e. The fraction of sp³-hybridized carbons (Fsp3) is 0.400. The zero-order valence-corrected chi connectivity index (χ0v) is 11.5. The summed E-state index contributed by atoms with van der Waals surface area (Å²) in [7, 11) is 3.85. The van der Waals surface area contributed by atoms with E-state index in [1.807, 2.05) is 47.8 Å². The summed E-state index contributed by atoms with van der Waals surface area (Å²) >= 11 is 0. The van der Waals surface area contributed by atoms with Crippen LogP contribution in [0.15, 0.2) is 24.3 Å². The van der Waals surface area contributed by atoms with Crippen LogP contribution in [0.25, 0.3) is 10.9 Å². The molecule has 1 unspecified atom stereocenters. The van der Waals surface area contributed by atoms with Crippen molar-refractivity contribution in [3.05, 3.63) is 35.5 Å². The van der Waals surface area contributed by atoms with E-state index in [4.69, 9.17) is 0 Å². The van der Waals surface area contributed by atoms with Gasteiger partial charge in [0.15, 0.2) is 11.4 Å². The molecule has 100 valence electrons. The van der Waals surface area contributed by atoms with Crippen molar-refractivity contribution in [1.29, 1.82) is 0 Å². The molecule has 0 amide bonds. The molecule has 3 rings (SSSR count). The van der Waals surface area contributed by atoms with Gasteiger partial charge < -0.3 is 9.67 Å². The maximum Gasteiger partial charge on any atom is 0.175 e. The molecule has 0 bridgehead atoms. The van der Waals surface area contributed by atoms with Crippen molar-refractivity contribution >= 4 is 16.7 Å². The number of aliphatic hydroxyl groups is 1. The molecule has 0 saturated carbocycles. The second kappa shape index (κ2) is 3.92. The minimum atomic E-state index is -1.41. The molecule has 2 aromatic rings. The molecule has 0 spiro atoms. The SMILES string of the molecule is CC(=O)C1(O)CN(C)Cc2c1n(C)c1ccccc21. The first-order chi connectivity index (χ1) is 8.95. The molecular formula is C15H18N2O2. The van der Waals surface area contributed by atoms with Crippen molar-refractivity contribution in [1.82, 2.24) is 9.47 Å². The number of fused-ring (bicyclic) bond motifs is 3. The van der Waals surface area contributed by atoms with Gasteiger partial charge in [0, 0.05) is 31.0 Å². The Bertz CT molecular complexity index is 674. The van der Waals surface area contributed by atoms with Crippen molar-refractivity contribution in [2.45, 2.75) is 19.1 Å².